The van der Waals surface area contributed by atoms with Crippen molar-refractivity contribution in [3.8, 4) is 0 Å². The van der Waals surface area contributed by atoms with Crippen LogP contribution in [-0.2, 0) is 19.6 Å². The Hall–Kier alpha value is -2.71. The number of piperidine rings is 1. The zero-order chi connectivity index (χ0) is 21.7. The molecular weight excluding hydrogens is 404 g/mol. The predicted octanol–water partition coefficient (Wildman–Crippen LogP) is 3.27. The Bertz CT molecular complexity index is 1020. The summed E-state index contributed by atoms with van der Waals surface area (Å²) in [5.74, 6) is -1.22. The third-order valence-corrected chi connectivity index (χ3v) is 6.76. The van der Waals surface area contributed by atoms with Gasteiger partial charge >= 0.3 is 5.97 Å². The molecule has 8 heteroatoms. The van der Waals surface area contributed by atoms with Crippen molar-refractivity contribution in [1.82, 2.24) is 4.31 Å². The average Bonchev–Trinajstić information content (AvgIpc) is 2.72. The van der Waals surface area contributed by atoms with Crippen molar-refractivity contribution in [2.75, 3.05) is 25.0 Å². The van der Waals surface area contributed by atoms with Crippen LogP contribution in [0.5, 0.6) is 0 Å². The molecule has 0 unspecified atom stereocenters. The summed E-state index contributed by atoms with van der Waals surface area (Å²) in [5.41, 5.74) is 2.73. The van der Waals surface area contributed by atoms with E-state index in [0.717, 1.165) is 30.4 Å². The van der Waals surface area contributed by atoms with Gasteiger partial charge in [-0.1, -0.05) is 18.6 Å². The second-order valence-corrected chi connectivity index (χ2v) is 9.43. The molecule has 1 fully saturated rings. The van der Waals surface area contributed by atoms with Gasteiger partial charge < -0.3 is 10.1 Å². The fourth-order valence-corrected chi connectivity index (χ4v) is 5.06. The number of esters is 1. The number of aryl methyl sites for hydroxylation is 2. The third kappa shape index (κ3) is 5.46. The second-order valence-electron chi connectivity index (χ2n) is 7.49. The molecule has 1 saturated heterocycles. The molecule has 1 N–H and O–H groups in total. The molecule has 0 saturated carbocycles. The van der Waals surface area contributed by atoms with E-state index in [1.54, 1.807) is 0 Å². The quantitative estimate of drug-likeness (QED) is 0.710. The Balaban J connectivity index is 1.63. The normalized spacial score (nSPS) is 14.9. The van der Waals surface area contributed by atoms with Gasteiger partial charge in [0.15, 0.2) is 6.61 Å². The summed E-state index contributed by atoms with van der Waals surface area (Å²) in [6.45, 7) is 4.35. The Kier molecular flexibility index (Phi) is 6.89. The summed E-state index contributed by atoms with van der Waals surface area (Å²) in [4.78, 5) is 24.5. The highest BCUT2D eigenvalue weighted by Gasteiger charge is 2.26. The van der Waals surface area contributed by atoms with Gasteiger partial charge in [0.05, 0.1) is 10.5 Å². The van der Waals surface area contributed by atoms with Crippen LogP contribution in [0, 0.1) is 13.8 Å². The molecule has 30 heavy (non-hydrogen) atoms. The largest absolute Gasteiger partial charge is 0.452 e. The molecular formula is C22H26N2O5S. The number of carbonyl (C=O) groups is 2. The highest BCUT2D eigenvalue weighted by Crippen LogP contribution is 2.21. The number of hydrogen-bond acceptors (Lipinski definition) is 5. The summed E-state index contributed by atoms with van der Waals surface area (Å²) < 4.78 is 32.1. The van der Waals surface area contributed by atoms with Gasteiger partial charge in [-0.05, 0) is 68.1 Å². The van der Waals surface area contributed by atoms with Crippen LogP contribution in [0.2, 0.25) is 0 Å². The van der Waals surface area contributed by atoms with Crippen molar-refractivity contribution in [2.24, 2.45) is 0 Å². The fraction of sp³-hybridized carbons (Fsp3) is 0.364. The van der Waals surface area contributed by atoms with Gasteiger partial charge in [0.2, 0.25) is 10.0 Å². The van der Waals surface area contributed by atoms with Gasteiger partial charge in [-0.15, -0.1) is 0 Å². The minimum atomic E-state index is -3.65. The highest BCUT2D eigenvalue weighted by molar-refractivity contribution is 7.89. The van der Waals surface area contributed by atoms with E-state index in [1.807, 2.05) is 32.0 Å². The van der Waals surface area contributed by atoms with Gasteiger partial charge in [-0.25, -0.2) is 13.2 Å². The minimum absolute atomic E-state index is 0.0542. The molecule has 0 radical (unpaired) electrons. The van der Waals surface area contributed by atoms with Crippen LogP contribution < -0.4 is 5.32 Å². The van der Waals surface area contributed by atoms with Crippen LogP contribution in [0.15, 0.2) is 47.4 Å². The molecule has 2 aromatic rings. The van der Waals surface area contributed by atoms with Crippen molar-refractivity contribution in [2.45, 2.75) is 38.0 Å². The van der Waals surface area contributed by atoms with Gasteiger partial charge in [0.1, 0.15) is 0 Å². The third-order valence-electron chi connectivity index (χ3n) is 4.86. The van der Waals surface area contributed by atoms with E-state index in [9.17, 15) is 18.0 Å². The lowest BCUT2D eigenvalue weighted by Gasteiger charge is -2.25. The molecule has 1 aliphatic heterocycles. The fourth-order valence-electron chi connectivity index (χ4n) is 3.50. The Morgan fingerprint density at radius 1 is 1.00 bits per heavy atom. The number of carbonyl (C=O) groups excluding carboxylic acids is 2. The van der Waals surface area contributed by atoms with Crippen molar-refractivity contribution in [3.05, 3.63) is 59.2 Å². The maximum Gasteiger partial charge on any atom is 0.338 e. The number of sulfonamides is 1. The summed E-state index contributed by atoms with van der Waals surface area (Å²) in [7, 11) is -3.65. The molecule has 0 spiro atoms. The molecule has 2 aromatic carbocycles. The molecule has 3 rings (SSSR count). The number of nitrogens with one attached hydrogen (secondary N) is 1. The van der Waals surface area contributed by atoms with Crippen LogP contribution in [0.1, 0.15) is 40.7 Å². The predicted molar refractivity (Wildman–Crippen MR) is 114 cm³/mol. The number of benzene rings is 2. The topological polar surface area (TPSA) is 92.8 Å². The second kappa shape index (κ2) is 9.40. The van der Waals surface area contributed by atoms with Crippen LogP contribution in [0.25, 0.3) is 0 Å². The van der Waals surface area contributed by atoms with Gasteiger partial charge in [0.25, 0.3) is 5.91 Å². The van der Waals surface area contributed by atoms with Crippen molar-refractivity contribution >= 4 is 27.6 Å². The number of amides is 1. The summed E-state index contributed by atoms with van der Waals surface area (Å²) in [5, 5.41) is 2.69. The van der Waals surface area contributed by atoms with E-state index < -0.39 is 28.5 Å². The number of nitrogens with zero attached hydrogens (tertiary/aromatic N) is 1. The van der Waals surface area contributed by atoms with Gasteiger partial charge in [-0.2, -0.15) is 4.31 Å². The number of ether oxygens (including phenoxy) is 1. The molecule has 0 aromatic heterocycles. The van der Waals surface area contributed by atoms with E-state index in [4.69, 9.17) is 4.74 Å². The average molecular weight is 431 g/mol. The van der Waals surface area contributed by atoms with Crippen LogP contribution in [-0.4, -0.2) is 44.3 Å². The van der Waals surface area contributed by atoms with E-state index in [0.29, 0.717) is 18.8 Å². The molecule has 1 heterocycles. The lowest BCUT2D eigenvalue weighted by molar-refractivity contribution is -0.119. The first-order chi connectivity index (χ1) is 14.3. The molecule has 1 amide bonds. The first-order valence-corrected chi connectivity index (χ1v) is 11.4. The smallest absolute Gasteiger partial charge is 0.338 e. The number of rotatable bonds is 6. The summed E-state index contributed by atoms with van der Waals surface area (Å²) >= 11 is 0. The van der Waals surface area contributed by atoms with Crippen molar-refractivity contribution in [1.29, 1.82) is 0 Å². The highest BCUT2D eigenvalue weighted by atomic mass is 32.2. The number of hydrogen-bond donors (Lipinski definition) is 1. The molecule has 0 aliphatic carbocycles. The van der Waals surface area contributed by atoms with Crippen LogP contribution in [0.3, 0.4) is 0 Å². The SMILES string of the molecule is Cc1cc(C)cc(NC(=O)COC(=O)c2cccc(S(=O)(=O)N3CCCCC3)c2)c1. The van der Waals surface area contributed by atoms with Crippen LogP contribution >= 0.6 is 0 Å². The van der Waals surface area contributed by atoms with Gasteiger partial charge in [0, 0.05) is 18.8 Å². The van der Waals surface area contributed by atoms with E-state index in [2.05, 4.69) is 5.32 Å². The van der Waals surface area contributed by atoms with Crippen molar-refractivity contribution in [3.63, 3.8) is 0 Å². The number of anilines is 1. The molecule has 1 aliphatic rings. The standard InChI is InChI=1S/C22H26N2O5S/c1-16-11-17(2)13-19(12-16)23-21(25)15-29-22(26)18-7-6-8-20(14-18)30(27,28)24-9-4-3-5-10-24/h6-8,11-14H,3-5,9-10,15H2,1-2H3,(H,23,25). The van der Waals surface area contributed by atoms with Crippen molar-refractivity contribution < 1.29 is 22.7 Å². The van der Waals surface area contributed by atoms with Crippen LogP contribution in [0.4, 0.5) is 5.69 Å². The summed E-state index contributed by atoms with van der Waals surface area (Å²) in [6.07, 6.45) is 2.68. The Morgan fingerprint density at radius 2 is 1.67 bits per heavy atom. The zero-order valence-corrected chi connectivity index (χ0v) is 18.0. The Morgan fingerprint density at radius 3 is 2.33 bits per heavy atom. The van der Waals surface area contributed by atoms with E-state index in [-0.39, 0.29) is 10.5 Å². The Labute approximate surface area is 177 Å². The minimum Gasteiger partial charge on any atom is -0.452 e. The molecule has 0 bridgehead atoms. The molecule has 160 valence electrons. The molecule has 7 nitrogen and oxygen atoms in total. The van der Waals surface area contributed by atoms with E-state index in [1.165, 1.54) is 28.6 Å². The first-order valence-electron chi connectivity index (χ1n) is 9.91. The van der Waals surface area contributed by atoms with E-state index >= 15 is 0 Å². The maximum atomic E-state index is 12.8. The maximum absolute atomic E-state index is 12.8. The zero-order valence-electron chi connectivity index (χ0n) is 17.2. The monoisotopic (exact) mass is 430 g/mol. The van der Waals surface area contributed by atoms with Gasteiger partial charge in [-0.3, -0.25) is 4.79 Å². The summed E-state index contributed by atoms with van der Waals surface area (Å²) in [6, 6.07) is 11.4. The molecule has 0 atom stereocenters. The lowest BCUT2D eigenvalue weighted by Crippen LogP contribution is -2.35. The first kappa shape index (κ1) is 22.0. The lowest BCUT2D eigenvalue weighted by atomic mass is 10.1.